The number of carbonyl (C=O) groups excluding carboxylic acids is 2. The van der Waals surface area contributed by atoms with Gasteiger partial charge in [0.25, 0.3) is 0 Å². The summed E-state index contributed by atoms with van der Waals surface area (Å²) in [4.78, 5) is 25.8. The third-order valence-corrected chi connectivity index (χ3v) is 6.12. The molecule has 3 rings (SSSR count). The van der Waals surface area contributed by atoms with Gasteiger partial charge < -0.3 is 24.4 Å². The second kappa shape index (κ2) is 10.9. The van der Waals surface area contributed by atoms with E-state index in [1.54, 1.807) is 32.0 Å². The van der Waals surface area contributed by atoms with Crippen molar-refractivity contribution < 1.29 is 23.8 Å². The van der Waals surface area contributed by atoms with Crippen LogP contribution in [-0.4, -0.2) is 49.8 Å². The molecule has 2 aromatic rings. The molecule has 1 fully saturated rings. The maximum atomic E-state index is 12.7. The van der Waals surface area contributed by atoms with E-state index in [0.29, 0.717) is 48.9 Å². The van der Waals surface area contributed by atoms with Crippen molar-refractivity contribution in [2.75, 3.05) is 38.4 Å². The molecule has 7 nitrogen and oxygen atoms in total. The molecule has 1 unspecified atom stereocenters. The van der Waals surface area contributed by atoms with E-state index in [2.05, 4.69) is 5.32 Å². The van der Waals surface area contributed by atoms with Gasteiger partial charge in [-0.15, -0.1) is 11.8 Å². The lowest BCUT2D eigenvalue weighted by atomic mass is 10.1. The predicted molar refractivity (Wildman–Crippen MR) is 122 cm³/mol. The molecule has 1 atom stereocenters. The number of rotatable bonds is 9. The summed E-state index contributed by atoms with van der Waals surface area (Å²) in [6.45, 7) is 2.50. The van der Waals surface area contributed by atoms with Gasteiger partial charge in [0.05, 0.1) is 20.8 Å². The summed E-state index contributed by atoms with van der Waals surface area (Å²) >= 11 is 1.73. The Labute approximate surface area is 187 Å². The first-order valence-corrected chi connectivity index (χ1v) is 11.2. The van der Waals surface area contributed by atoms with Crippen LogP contribution < -0.4 is 19.5 Å². The Morgan fingerprint density at radius 1 is 1.19 bits per heavy atom. The molecule has 166 valence electrons. The molecular formula is C23H28N2O5S. The monoisotopic (exact) mass is 444 g/mol. The Bertz CT molecular complexity index is 921. The van der Waals surface area contributed by atoms with Gasteiger partial charge in [-0.3, -0.25) is 9.59 Å². The maximum Gasteiger partial charge on any atom is 0.224 e. The fourth-order valence-electron chi connectivity index (χ4n) is 3.52. The van der Waals surface area contributed by atoms with Crippen LogP contribution in [0.4, 0.5) is 5.69 Å². The molecule has 0 aliphatic carbocycles. The molecule has 1 aliphatic rings. The lowest BCUT2D eigenvalue weighted by Crippen LogP contribution is -2.38. The second-order valence-corrected chi connectivity index (χ2v) is 8.24. The lowest BCUT2D eigenvalue weighted by Gasteiger charge is -2.36. The van der Waals surface area contributed by atoms with Gasteiger partial charge in [-0.05, 0) is 24.6 Å². The van der Waals surface area contributed by atoms with Crippen LogP contribution in [0, 0.1) is 0 Å². The fraction of sp³-hybridized carbons (Fsp3) is 0.391. The molecule has 1 N–H and O–H groups in total. The van der Waals surface area contributed by atoms with Crippen LogP contribution in [0.1, 0.15) is 30.7 Å². The summed E-state index contributed by atoms with van der Waals surface area (Å²) < 4.78 is 16.9. The quantitative estimate of drug-likeness (QED) is 0.587. The molecule has 0 radical (unpaired) electrons. The second-order valence-electron chi connectivity index (χ2n) is 7.05. The summed E-state index contributed by atoms with van der Waals surface area (Å²) in [5, 5.41) is 2.61. The van der Waals surface area contributed by atoms with Gasteiger partial charge >= 0.3 is 0 Å². The van der Waals surface area contributed by atoms with Crippen molar-refractivity contribution >= 4 is 29.3 Å². The number of nitrogens with one attached hydrogen (secondary N) is 1. The summed E-state index contributed by atoms with van der Waals surface area (Å²) in [6.07, 6.45) is 1.20. The minimum Gasteiger partial charge on any atom is -0.493 e. The normalized spacial score (nSPS) is 16.0. The standard InChI is InChI=1S/C23H28N2O5S/c1-16(26)24-17-7-4-8-18(15-17)30-13-6-12-25-21(27)11-14-31-23(25)19-9-5-10-20(28-2)22(19)29-3/h4-5,7-10,15,23H,6,11-14H2,1-3H3,(H,24,26). The molecule has 8 heteroatoms. The van der Waals surface area contributed by atoms with Crippen LogP contribution in [-0.2, 0) is 9.59 Å². The van der Waals surface area contributed by atoms with E-state index in [1.807, 2.05) is 41.3 Å². The molecule has 2 amide bonds. The summed E-state index contributed by atoms with van der Waals surface area (Å²) in [5.41, 5.74) is 1.63. The number of anilines is 1. The Morgan fingerprint density at radius 3 is 2.74 bits per heavy atom. The SMILES string of the molecule is COc1cccc(C2SCCC(=O)N2CCCOc2cccc(NC(C)=O)c2)c1OC. The Balaban J connectivity index is 1.64. The fourth-order valence-corrected chi connectivity index (χ4v) is 4.80. The number of carbonyl (C=O) groups is 2. The average Bonchev–Trinajstić information content (AvgIpc) is 2.76. The number of hydrogen-bond donors (Lipinski definition) is 1. The van der Waals surface area contributed by atoms with E-state index < -0.39 is 0 Å². The highest BCUT2D eigenvalue weighted by molar-refractivity contribution is 7.99. The number of para-hydroxylation sites is 1. The van der Waals surface area contributed by atoms with Crippen molar-refractivity contribution in [1.29, 1.82) is 0 Å². The molecule has 0 aromatic heterocycles. The van der Waals surface area contributed by atoms with Crippen LogP contribution in [0.3, 0.4) is 0 Å². The maximum absolute atomic E-state index is 12.7. The van der Waals surface area contributed by atoms with Crippen molar-refractivity contribution in [3.8, 4) is 17.2 Å². The van der Waals surface area contributed by atoms with Crippen molar-refractivity contribution in [3.05, 3.63) is 48.0 Å². The molecule has 2 aromatic carbocycles. The van der Waals surface area contributed by atoms with Crippen LogP contribution in [0.15, 0.2) is 42.5 Å². The van der Waals surface area contributed by atoms with Gasteiger partial charge in [-0.2, -0.15) is 0 Å². The van der Waals surface area contributed by atoms with Crippen LogP contribution in [0.25, 0.3) is 0 Å². The zero-order chi connectivity index (χ0) is 22.2. The Morgan fingerprint density at radius 2 is 2.00 bits per heavy atom. The third kappa shape index (κ3) is 5.85. The molecule has 1 heterocycles. The van der Waals surface area contributed by atoms with Gasteiger partial charge in [0.15, 0.2) is 11.5 Å². The molecule has 0 spiro atoms. The number of benzene rings is 2. The average molecular weight is 445 g/mol. The third-order valence-electron chi connectivity index (χ3n) is 4.86. The van der Waals surface area contributed by atoms with Gasteiger partial charge in [0, 0.05) is 43.0 Å². The van der Waals surface area contributed by atoms with E-state index in [9.17, 15) is 9.59 Å². The summed E-state index contributed by atoms with van der Waals surface area (Å²) in [7, 11) is 3.22. The minimum absolute atomic E-state index is 0.126. The van der Waals surface area contributed by atoms with Crippen molar-refractivity contribution in [3.63, 3.8) is 0 Å². The largest absolute Gasteiger partial charge is 0.493 e. The molecule has 1 aliphatic heterocycles. The number of nitrogens with zero attached hydrogens (tertiary/aromatic N) is 1. The number of thioether (sulfide) groups is 1. The van der Waals surface area contributed by atoms with E-state index in [4.69, 9.17) is 14.2 Å². The Hall–Kier alpha value is -2.87. The molecule has 0 bridgehead atoms. The van der Waals surface area contributed by atoms with E-state index in [0.717, 1.165) is 11.3 Å². The first-order chi connectivity index (χ1) is 15.0. The minimum atomic E-state index is -0.130. The van der Waals surface area contributed by atoms with E-state index >= 15 is 0 Å². The topological polar surface area (TPSA) is 77.1 Å². The van der Waals surface area contributed by atoms with E-state index in [1.165, 1.54) is 6.92 Å². The predicted octanol–water partition coefficient (Wildman–Crippen LogP) is 4.10. The zero-order valence-corrected chi connectivity index (χ0v) is 18.9. The summed E-state index contributed by atoms with van der Waals surface area (Å²) in [5.74, 6) is 2.76. The number of ether oxygens (including phenoxy) is 3. The lowest BCUT2D eigenvalue weighted by molar-refractivity contribution is -0.132. The highest BCUT2D eigenvalue weighted by Crippen LogP contribution is 2.44. The highest BCUT2D eigenvalue weighted by Gasteiger charge is 2.32. The summed E-state index contributed by atoms with van der Waals surface area (Å²) in [6, 6.07) is 13.0. The van der Waals surface area contributed by atoms with Gasteiger partial charge in [0.1, 0.15) is 11.1 Å². The van der Waals surface area contributed by atoms with Crippen molar-refractivity contribution in [2.24, 2.45) is 0 Å². The first kappa shape index (κ1) is 22.8. The zero-order valence-electron chi connectivity index (χ0n) is 18.1. The molecule has 31 heavy (non-hydrogen) atoms. The molecule has 1 saturated heterocycles. The smallest absolute Gasteiger partial charge is 0.224 e. The number of methoxy groups -OCH3 is 2. The molecule has 0 saturated carbocycles. The van der Waals surface area contributed by atoms with Crippen LogP contribution in [0.5, 0.6) is 17.2 Å². The van der Waals surface area contributed by atoms with Crippen molar-refractivity contribution in [1.82, 2.24) is 4.90 Å². The molecular weight excluding hydrogens is 416 g/mol. The van der Waals surface area contributed by atoms with Gasteiger partial charge in [-0.1, -0.05) is 18.2 Å². The number of hydrogen-bond acceptors (Lipinski definition) is 6. The highest BCUT2D eigenvalue weighted by atomic mass is 32.2. The Kier molecular flexibility index (Phi) is 8.06. The van der Waals surface area contributed by atoms with E-state index in [-0.39, 0.29) is 17.2 Å². The first-order valence-electron chi connectivity index (χ1n) is 10.2. The number of amides is 2. The van der Waals surface area contributed by atoms with Gasteiger partial charge in [0.2, 0.25) is 11.8 Å². The van der Waals surface area contributed by atoms with Crippen LogP contribution in [0.2, 0.25) is 0 Å². The van der Waals surface area contributed by atoms with Crippen LogP contribution >= 0.6 is 11.8 Å². The van der Waals surface area contributed by atoms with Crippen molar-refractivity contribution in [2.45, 2.75) is 25.1 Å². The van der Waals surface area contributed by atoms with Gasteiger partial charge in [-0.25, -0.2) is 0 Å².